The summed E-state index contributed by atoms with van der Waals surface area (Å²) in [4.78, 5) is 26.1. The number of esters is 1. The lowest BCUT2D eigenvalue weighted by molar-refractivity contribution is -0.142. The molecule has 3 N–H and O–H groups in total. The largest absolute Gasteiger partial charge is 0.466 e. The summed E-state index contributed by atoms with van der Waals surface area (Å²) in [5.41, 5.74) is 1.33. The van der Waals surface area contributed by atoms with E-state index in [9.17, 15) is 18.0 Å². The van der Waals surface area contributed by atoms with Crippen LogP contribution in [0.2, 0.25) is 0 Å². The molecule has 2 amide bonds. The summed E-state index contributed by atoms with van der Waals surface area (Å²) >= 11 is 0. The van der Waals surface area contributed by atoms with Gasteiger partial charge in [0.05, 0.1) is 23.7 Å². The highest BCUT2D eigenvalue weighted by Gasteiger charge is 2.22. The summed E-state index contributed by atoms with van der Waals surface area (Å²) in [7, 11) is -3.56. The third-order valence-corrected chi connectivity index (χ3v) is 5.61. The van der Waals surface area contributed by atoms with Gasteiger partial charge in [-0.05, 0) is 19.9 Å². The topological polar surface area (TPSA) is 117 Å². The molecular formula is C17H23N3O5S. The summed E-state index contributed by atoms with van der Waals surface area (Å²) in [5.74, 6) is -0.619. The monoisotopic (exact) mass is 381 g/mol. The molecule has 0 spiro atoms. The molecule has 0 radical (unpaired) electrons. The lowest BCUT2D eigenvalue weighted by atomic mass is 10.2. The zero-order valence-corrected chi connectivity index (χ0v) is 15.6. The molecule has 0 fully saturated rings. The molecule has 0 atom stereocenters. The number of hydrogen-bond donors (Lipinski definition) is 3. The first-order chi connectivity index (χ1) is 12.3. The van der Waals surface area contributed by atoms with Gasteiger partial charge >= 0.3 is 12.0 Å². The molecule has 1 aromatic heterocycles. The van der Waals surface area contributed by atoms with E-state index in [1.165, 1.54) is 0 Å². The number of aryl methyl sites for hydroxylation is 1. The van der Waals surface area contributed by atoms with Crippen molar-refractivity contribution >= 4 is 32.7 Å². The van der Waals surface area contributed by atoms with E-state index in [1.807, 2.05) is 12.1 Å². The Balaban J connectivity index is 1.87. The van der Waals surface area contributed by atoms with Gasteiger partial charge in [-0.1, -0.05) is 18.2 Å². The number of aromatic amines is 1. The van der Waals surface area contributed by atoms with Crippen molar-refractivity contribution in [3.8, 4) is 0 Å². The summed E-state index contributed by atoms with van der Waals surface area (Å²) in [6.07, 6.45) is 0.0636. The van der Waals surface area contributed by atoms with E-state index in [2.05, 4.69) is 15.6 Å². The summed E-state index contributed by atoms with van der Waals surface area (Å²) < 4.78 is 30.0. The van der Waals surface area contributed by atoms with Gasteiger partial charge in [0, 0.05) is 29.7 Å². The fourth-order valence-corrected chi connectivity index (χ4v) is 4.23. The number of sulfone groups is 1. The van der Waals surface area contributed by atoms with Crippen LogP contribution in [-0.4, -0.2) is 50.9 Å². The maximum absolute atomic E-state index is 12.6. The molecule has 142 valence electrons. The molecule has 1 aromatic carbocycles. The molecule has 0 bridgehead atoms. The van der Waals surface area contributed by atoms with Crippen molar-refractivity contribution in [2.45, 2.75) is 25.2 Å². The maximum Gasteiger partial charge on any atom is 0.314 e. The number of ether oxygens (including phenoxy) is 1. The second kappa shape index (κ2) is 8.70. The van der Waals surface area contributed by atoms with Gasteiger partial charge in [-0.25, -0.2) is 13.2 Å². The van der Waals surface area contributed by atoms with Gasteiger partial charge in [0.15, 0.2) is 9.84 Å². The number of rotatable bonds is 8. The molecule has 8 nitrogen and oxygen atoms in total. The van der Waals surface area contributed by atoms with Crippen LogP contribution in [0.4, 0.5) is 4.79 Å². The number of aromatic nitrogens is 1. The lowest BCUT2D eigenvalue weighted by Gasteiger charge is -2.08. The van der Waals surface area contributed by atoms with Crippen LogP contribution in [0.25, 0.3) is 10.9 Å². The van der Waals surface area contributed by atoms with Gasteiger partial charge in [-0.2, -0.15) is 0 Å². The van der Waals surface area contributed by atoms with Gasteiger partial charge in [0.2, 0.25) is 0 Å². The highest BCUT2D eigenvalue weighted by atomic mass is 32.2. The van der Waals surface area contributed by atoms with E-state index in [1.54, 1.807) is 26.0 Å². The Morgan fingerprint density at radius 1 is 1.15 bits per heavy atom. The number of para-hydroxylation sites is 1. The Bertz CT molecular complexity index is 889. The Hall–Kier alpha value is -2.55. The van der Waals surface area contributed by atoms with Gasteiger partial charge in [0.1, 0.15) is 0 Å². The first-order valence-corrected chi connectivity index (χ1v) is 9.97. The number of carbonyl (C=O) groups excluding carboxylic acids is 2. The molecule has 26 heavy (non-hydrogen) atoms. The average Bonchev–Trinajstić information content (AvgIpc) is 2.91. The van der Waals surface area contributed by atoms with Crippen molar-refractivity contribution in [1.82, 2.24) is 15.6 Å². The minimum atomic E-state index is -3.56. The van der Waals surface area contributed by atoms with E-state index < -0.39 is 21.8 Å². The highest BCUT2D eigenvalue weighted by molar-refractivity contribution is 7.91. The van der Waals surface area contributed by atoms with Crippen LogP contribution in [-0.2, 0) is 19.4 Å². The summed E-state index contributed by atoms with van der Waals surface area (Å²) in [6.45, 7) is 3.79. The van der Waals surface area contributed by atoms with E-state index >= 15 is 0 Å². The number of nitrogens with one attached hydrogen (secondary N) is 3. The fraction of sp³-hybridized carbons (Fsp3) is 0.412. The summed E-state index contributed by atoms with van der Waals surface area (Å²) in [5, 5.41) is 5.61. The Morgan fingerprint density at radius 3 is 2.58 bits per heavy atom. The number of benzene rings is 1. The second-order valence-corrected chi connectivity index (χ2v) is 7.73. The van der Waals surface area contributed by atoms with E-state index in [4.69, 9.17) is 4.74 Å². The second-order valence-electron chi connectivity index (χ2n) is 5.68. The number of amides is 2. The lowest BCUT2D eigenvalue weighted by Crippen LogP contribution is -2.39. The van der Waals surface area contributed by atoms with E-state index in [0.717, 1.165) is 5.52 Å². The third kappa shape index (κ3) is 4.98. The Morgan fingerprint density at radius 2 is 1.85 bits per heavy atom. The third-order valence-electron chi connectivity index (χ3n) is 3.72. The number of H-pyrrole nitrogens is 1. The van der Waals surface area contributed by atoms with Crippen molar-refractivity contribution < 1.29 is 22.7 Å². The van der Waals surface area contributed by atoms with Crippen LogP contribution in [0.3, 0.4) is 0 Å². The van der Waals surface area contributed by atoms with Crippen LogP contribution < -0.4 is 10.6 Å². The number of urea groups is 1. The average molecular weight is 381 g/mol. The predicted octanol–water partition coefficient (Wildman–Crippen LogP) is 1.50. The minimum Gasteiger partial charge on any atom is -0.466 e. The molecule has 1 heterocycles. The molecule has 0 saturated carbocycles. The van der Waals surface area contributed by atoms with Crippen molar-refractivity contribution in [2.75, 3.05) is 25.4 Å². The maximum atomic E-state index is 12.6. The van der Waals surface area contributed by atoms with Gasteiger partial charge < -0.3 is 20.4 Å². The van der Waals surface area contributed by atoms with Gasteiger partial charge in [-0.15, -0.1) is 0 Å². The van der Waals surface area contributed by atoms with E-state index in [0.29, 0.717) is 11.1 Å². The number of fused-ring (bicyclic) bond motifs is 1. The molecule has 2 rings (SSSR count). The van der Waals surface area contributed by atoms with Gasteiger partial charge in [0.25, 0.3) is 0 Å². The molecule has 0 aliphatic rings. The fourth-order valence-electron chi connectivity index (χ4n) is 2.63. The number of hydrogen-bond acceptors (Lipinski definition) is 5. The highest BCUT2D eigenvalue weighted by Crippen LogP contribution is 2.27. The van der Waals surface area contributed by atoms with Crippen LogP contribution >= 0.6 is 0 Å². The smallest absolute Gasteiger partial charge is 0.314 e. The molecule has 0 saturated heterocycles. The van der Waals surface area contributed by atoms with Gasteiger partial charge in [-0.3, -0.25) is 4.79 Å². The molecule has 9 heteroatoms. The minimum absolute atomic E-state index is 0.0352. The van der Waals surface area contributed by atoms with Crippen molar-refractivity contribution in [1.29, 1.82) is 0 Å². The first-order valence-electron chi connectivity index (χ1n) is 8.32. The normalized spacial score (nSPS) is 11.3. The van der Waals surface area contributed by atoms with Crippen LogP contribution in [0.5, 0.6) is 0 Å². The van der Waals surface area contributed by atoms with Crippen LogP contribution in [0.15, 0.2) is 29.2 Å². The number of carbonyl (C=O) groups is 2. The van der Waals surface area contributed by atoms with Crippen molar-refractivity contribution in [2.24, 2.45) is 0 Å². The van der Waals surface area contributed by atoms with Crippen LogP contribution in [0, 0.1) is 6.92 Å². The first kappa shape index (κ1) is 19.8. The standard InChI is InChI=1S/C17H23N3O5S/c1-3-25-15(21)8-9-18-17(22)19-10-11-26(23,24)16-12(2)20-14-7-5-4-6-13(14)16/h4-7,20H,3,8-11H2,1-2H3,(H2,18,19,22). The van der Waals surface area contributed by atoms with E-state index in [-0.39, 0.29) is 36.8 Å². The molecule has 2 aromatic rings. The molecule has 0 aliphatic heterocycles. The Labute approximate surface area is 152 Å². The molecular weight excluding hydrogens is 358 g/mol. The summed E-state index contributed by atoms with van der Waals surface area (Å²) in [6, 6.07) is 6.65. The zero-order valence-electron chi connectivity index (χ0n) is 14.8. The quantitative estimate of drug-likeness (QED) is 0.599. The van der Waals surface area contributed by atoms with Crippen molar-refractivity contribution in [3.05, 3.63) is 30.0 Å². The molecule has 0 aliphatic carbocycles. The van der Waals surface area contributed by atoms with Crippen molar-refractivity contribution in [3.63, 3.8) is 0 Å². The predicted molar refractivity (Wildman–Crippen MR) is 97.7 cm³/mol. The molecule has 0 unspecified atom stereocenters. The Kier molecular flexibility index (Phi) is 6.62. The zero-order chi connectivity index (χ0) is 19.2. The SMILES string of the molecule is CCOC(=O)CCNC(=O)NCCS(=O)(=O)c1c(C)[nH]c2ccccc12. The van der Waals surface area contributed by atoms with Crippen LogP contribution in [0.1, 0.15) is 19.0 Å².